The van der Waals surface area contributed by atoms with Crippen LogP contribution in [0.3, 0.4) is 0 Å². The molecule has 0 aliphatic rings. The van der Waals surface area contributed by atoms with E-state index in [9.17, 15) is 10.1 Å². The van der Waals surface area contributed by atoms with Crippen molar-refractivity contribution in [2.24, 2.45) is 0 Å². The van der Waals surface area contributed by atoms with Crippen LogP contribution in [0.1, 0.15) is 46.4 Å². The molecule has 0 aliphatic carbocycles. The Balaban J connectivity index is 2.21. The van der Waals surface area contributed by atoms with Gasteiger partial charge in [-0.15, -0.1) is 9.78 Å². The maximum atomic E-state index is 13.5. The Morgan fingerprint density at radius 1 is 1.14 bits per heavy atom. The van der Waals surface area contributed by atoms with Gasteiger partial charge in [0.1, 0.15) is 23.2 Å². The van der Waals surface area contributed by atoms with Crippen molar-refractivity contribution in [3.05, 3.63) is 46.6 Å². The van der Waals surface area contributed by atoms with Crippen molar-refractivity contribution in [1.29, 1.82) is 5.26 Å². The number of hydrogen-bond acceptors (Lipinski definition) is 5. The molecule has 4 aromatic rings. The molecule has 4 rings (SSSR count). The Labute approximate surface area is 161 Å². The zero-order valence-corrected chi connectivity index (χ0v) is 16.5. The van der Waals surface area contributed by atoms with Gasteiger partial charge in [-0.2, -0.15) is 5.26 Å². The van der Waals surface area contributed by atoms with Crippen LogP contribution < -0.4 is 5.56 Å². The molecule has 0 spiro atoms. The Morgan fingerprint density at radius 2 is 1.82 bits per heavy atom. The molecule has 1 aromatic carbocycles. The molecule has 142 valence electrons. The van der Waals surface area contributed by atoms with Gasteiger partial charge in [-0.05, 0) is 26.0 Å². The van der Waals surface area contributed by atoms with Crippen molar-refractivity contribution in [2.45, 2.75) is 46.1 Å². The van der Waals surface area contributed by atoms with E-state index in [-0.39, 0.29) is 17.0 Å². The second kappa shape index (κ2) is 6.02. The maximum absolute atomic E-state index is 13.5. The second-order valence-corrected chi connectivity index (χ2v) is 8.12. The van der Waals surface area contributed by atoms with Crippen molar-refractivity contribution < 1.29 is 0 Å². The van der Waals surface area contributed by atoms with Crippen molar-refractivity contribution >= 4 is 16.6 Å². The number of imidazole rings is 1. The molecule has 0 atom stereocenters. The molecule has 3 heterocycles. The van der Waals surface area contributed by atoms with Crippen LogP contribution in [0.5, 0.6) is 0 Å². The van der Waals surface area contributed by atoms with Gasteiger partial charge in [0.05, 0.1) is 16.7 Å². The molecule has 0 unspecified atom stereocenters. The minimum Gasteiger partial charge on any atom is -0.302 e. The van der Waals surface area contributed by atoms with Crippen molar-refractivity contribution in [3.63, 3.8) is 0 Å². The van der Waals surface area contributed by atoms with E-state index in [4.69, 9.17) is 0 Å². The SMILES string of the molecule is CC(C)n1c(=O)c2c(-c3c(C(C)(C)C)nnn3C#N)ncn2c2ccccc21. The predicted molar refractivity (Wildman–Crippen MR) is 106 cm³/mol. The zero-order chi connectivity index (χ0) is 20.2. The smallest absolute Gasteiger partial charge is 0.277 e. The van der Waals surface area contributed by atoms with E-state index in [1.54, 1.807) is 15.3 Å². The summed E-state index contributed by atoms with van der Waals surface area (Å²) >= 11 is 0. The third-order valence-corrected chi connectivity index (χ3v) is 4.81. The summed E-state index contributed by atoms with van der Waals surface area (Å²) in [6.45, 7) is 9.91. The van der Waals surface area contributed by atoms with E-state index in [2.05, 4.69) is 15.3 Å². The first kappa shape index (κ1) is 17.9. The molecule has 0 saturated carbocycles. The van der Waals surface area contributed by atoms with Crippen LogP contribution in [0, 0.1) is 11.5 Å². The predicted octanol–water partition coefficient (Wildman–Crippen LogP) is 3.12. The fourth-order valence-corrected chi connectivity index (χ4v) is 3.59. The number of para-hydroxylation sites is 2. The van der Waals surface area contributed by atoms with Gasteiger partial charge in [-0.3, -0.25) is 9.20 Å². The number of hydrogen-bond donors (Lipinski definition) is 0. The molecule has 8 nitrogen and oxygen atoms in total. The summed E-state index contributed by atoms with van der Waals surface area (Å²) < 4.78 is 4.68. The first-order valence-electron chi connectivity index (χ1n) is 9.12. The highest BCUT2D eigenvalue weighted by atomic mass is 16.1. The van der Waals surface area contributed by atoms with Gasteiger partial charge in [-0.25, -0.2) is 4.98 Å². The van der Waals surface area contributed by atoms with Crippen LogP contribution in [0.2, 0.25) is 0 Å². The van der Waals surface area contributed by atoms with Gasteiger partial charge in [-0.1, -0.05) is 38.1 Å². The van der Waals surface area contributed by atoms with E-state index in [0.29, 0.717) is 22.6 Å². The molecule has 0 aliphatic heterocycles. The lowest BCUT2D eigenvalue weighted by Crippen LogP contribution is -2.25. The Bertz CT molecular complexity index is 1310. The fourth-order valence-electron chi connectivity index (χ4n) is 3.59. The van der Waals surface area contributed by atoms with Crippen LogP contribution >= 0.6 is 0 Å². The Morgan fingerprint density at radius 3 is 2.43 bits per heavy atom. The van der Waals surface area contributed by atoms with E-state index in [1.165, 1.54) is 0 Å². The van der Waals surface area contributed by atoms with Crippen molar-refractivity contribution in [3.8, 4) is 17.6 Å². The lowest BCUT2D eigenvalue weighted by Gasteiger charge is -2.17. The summed E-state index contributed by atoms with van der Waals surface area (Å²) in [5.41, 5.74) is 3.09. The van der Waals surface area contributed by atoms with E-state index in [1.807, 2.05) is 65.1 Å². The first-order chi connectivity index (χ1) is 13.3. The topological polar surface area (TPSA) is 93.8 Å². The van der Waals surface area contributed by atoms with Gasteiger partial charge in [0, 0.05) is 11.5 Å². The van der Waals surface area contributed by atoms with E-state index >= 15 is 0 Å². The molecule has 8 heteroatoms. The molecular formula is C20H21N7O. The second-order valence-electron chi connectivity index (χ2n) is 8.12. The Kier molecular flexibility index (Phi) is 3.85. The van der Waals surface area contributed by atoms with Crippen LogP contribution in [0.4, 0.5) is 0 Å². The number of nitriles is 1. The number of nitrogens with zero attached hydrogens (tertiary/aromatic N) is 7. The third kappa shape index (κ3) is 2.43. The number of benzene rings is 1. The maximum Gasteiger partial charge on any atom is 0.277 e. The lowest BCUT2D eigenvalue weighted by atomic mass is 9.90. The summed E-state index contributed by atoms with van der Waals surface area (Å²) in [6.07, 6.45) is 3.65. The molecule has 0 fully saturated rings. The lowest BCUT2D eigenvalue weighted by molar-refractivity contribution is 0.568. The molecule has 0 amide bonds. The molecule has 3 aromatic heterocycles. The summed E-state index contributed by atoms with van der Waals surface area (Å²) in [6, 6.07) is 7.69. The van der Waals surface area contributed by atoms with Crippen LogP contribution in [-0.2, 0) is 5.41 Å². The van der Waals surface area contributed by atoms with Crippen LogP contribution in [-0.4, -0.2) is 28.9 Å². The molecular weight excluding hydrogens is 354 g/mol. The largest absolute Gasteiger partial charge is 0.302 e. The minimum atomic E-state index is -0.367. The third-order valence-electron chi connectivity index (χ3n) is 4.81. The summed E-state index contributed by atoms with van der Waals surface area (Å²) in [5.74, 6) is 0. The fraction of sp³-hybridized carbons (Fsp3) is 0.350. The zero-order valence-electron chi connectivity index (χ0n) is 16.5. The van der Waals surface area contributed by atoms with Gasteiger partial charge in [0.25, 0.3) is 5.56 Å². The van der Waals surface area contributed by atoms with Crippen molar-refractivity contribution in [1.82, 2.24) is 28.9 Å². The van der Waals surface area contributed by atoms with Crippen LogP contribution in [0.25, 0.3) is 27.9 Å². The molecule has 0 N–H and O–H groups in total. The normalized spacial score (nSPS) is 12.2. The standard InChI is InChI=1S/C20H21N7O/c1-12(2)27-14-9-7-6-8-13(14)25-11-22-15(17(25)19(27)28)16-18(20(3,4)5)23-24-26(16)10-21/h6-9,11-12H,1-5H3. The highest BCUT2D eigenvalue weighted by Crippen LogP contribution is 2.32. The van der Waals surface area contributed by atoms with Gasteiger partial charge >= 0.3 is 0 Å². The van der Waals surface area contributed by atoms with Crippen LogP contribution in [0.15, 0.2) is 35.4 Å². The average Bonchev–Trinajstić information content (AvgIpc) is 3.25. The van der Waals surface area contributed by atoms with Gasteiger partial charge < -0.3 is 4.57 Å². The molecule has 0 bridgehead atoms. The minimum absolute atomic E-state index is 0.0359. The summed E-state index contributed by atoms with van der Waals surface area (Å²) in [5, 5.41) is 17.7. The highest BCUT2D eigenvalue weighted by Gasteiger charge is 2.30. The van der Waals surface area contributed by atoms with E-state index in [0.717, 1.165) is 15.7 Å². The summed E-state index contributed by atoms with van der Waals surface area (Å²) in [4.78, 5) is 18.0. The average molecular weight is 375 g/mol. The number of aromatic nitrogens is 6. The highest BCUT2D eigenvalue weighted by molar-refractivity contribution is 5.85. The summed E-state index contributed by atoms with van der Waals surface area (Å²) in [7, 11) is 0. The number of fused-ring (bicyclic) bond motifs is 3. The Hall–Kier alpha value is -3.47. The molecule has 0 saturated heterocycles. The van der Waals surface area contributed by atoms with Gasteiger partial charge in [0.15, 0.2) is 0 Å². The monoisotopic (exact) mass is 375 g/mol. The van der Waals surface area contributed by atoms with E-state index < -0.39 is 0 Å². The quantitative estimate of drug-likeness (QED) is 0.536. The first-order valence-corrected chi connectivity index (χ1v) is 9.12. The molecule has 0 radical (unpaired) electrons. The van der Waals surface area contributed by atoms with Gasteiger partial charge in [0.2, 0.25) is 6.19 Å². The van der Waals surface area contributed by atoms with Crippen molar-refractivity contribution in [2.75, 3.05) is 0 Å². The number of rotatable bonds is 2. The molecule has 28 heavy (non-hydrogen) atoms.